The van der Waals surface area contributed by atoms with Crippen LogP contribution in [0.15, 0.2) is 28.2 Å². The summed E-state index contributed by atoms with van der Waals surface area (Å²) < 4.78 is 19.7. The lowest BCUT2D eigenvalue weighted by atomic mass is 10.2. The quantitative estimate of drug-likeness (QED) is 0.424. The standard InChI is InChI=1S/C17H20FN5O2/c1-10-8-11-12(22-10)5-6-13(17(11)18)25-15(20)9-14(19)23-16(21-2)4-3-7-24/h5-8,20,22H,3-4,9H2,1-2H3,(H2,19,21,23). The summed E-state index contributed by atoms with van der Waals surface area (Å²) in [5.41, 5.74) is 7.26. The van der Waals surface area contributed by atoms with Crippen LogP contribution in [0.4, 0.5) is 4.39 Å². The number of aldehydes is 1. The van der Waals surface area contributed by atoms with Crippen LogP contribution >= 0.6 is 0 Å². The zero-order valence-electron chi connectivity index (χ0n) is 14.1. The van der Waals surface area contributed by atoms with Gasteiger partial charge in [0, 0.05) is 36.5 Å². The molecule has 132 valence electrons. The first-order valence-corrected chi connectivity index (χ1v) is 7.70. The SMILES string of the molecule is CN=C(CCC=O)N=C(N)CC(=N)Oc1ccc2[nH]c(C)cc2c1F. The fourth-order valence-electron chi connectivity index (χ4n) is 2.31. The Morgan fingerprint density at radius 2 is 2.24 bits per heavy atom. The molecule has 0 saturated heterocycles. The Hall–Kier alpha value is -3.03. The lowest BCUT2D eigenvalue weighted by molar-refractivity contribution is -0.107. The van der Waals surface area contributed by atoms with Gasteiger partial charge in [-0.05, 0) is 25.1 Å². The molecule has 0 bridgehead atoms. The summed E-state index contributed by atoms with van der Waals surface area (Å²) in [5, 5.41) is 8.25. The number of ether oxygens (including phenoxy) is 1. The van der Waals surface area contributed by atoms with Crippen molar-refractivity contribution in [3.05, 3.63) is 29.7 Å². The normalized spacial score (nSPS) is 12.4. The van der Waals surface area contributed by atoms with Crippen molar-refractivity contribution < 1.29 is 13.9 Å². The smallest absolute Gasteiger partial charge is 0.195 e. The van der Waals surface area contributed by atoms with Crippen molar-refractivity contribution in [2.75, 3.05) is 7.05 Å². The van der Waals surface area contributed by atoms with Gasteiger partial charge in [0.25, 0.3) is 0 Å². The molecule has 2 rings (SSSR count). The van der Waals surface area contributed by atoms with E-state index in [2.05, 4.69) is 15.0 Å². The number of hydrogen-bond donors (Lipinski definition) is 3. The predicted octanol–water partition coefficient (Wildman–Crippen LogP) is 2.73. The molecule has 1 heterocycles. The molecule has 0 fully saturated rings. The first kappa shape index (κ1) is 18.3. The summed E-state index contributed by atoms with van der Waals surface area (Å²) in [7, 11) is 1.54. The average Bonchev–Trinajstić information content (AvgIpc) is 2.95. The predicted molar refractivity (Wildman–Crippen MR) is 96.2 cm³/mol. The first-order valence-electron chi connectivity index (χ1n) is 7.70. The number of rotatable bonds is 6. The molecule has 0 unspecified atom stereocenters. The molecule has 2 aromatic rings. The zero-order valence-corrected chi connectivity index (χ0v) is 14.1. The first-order chi connectivity index (χ1) is 11.9. The lowest BCUT2D eigenvalue weighted by Crippen LogP contribution is -2.21. The molecule has 0 amide bonds. The summed E-state index contributed by atoms with van der Waals surface area (Å²) in [6, 6.07) is 4.82. The molecule has 7 nitrogen and oxygen atoms in total. The van der Waals surface area contributed by atoms with Crippen molar-refractivity contribution in [2.45, 2.75) is 26.2 Å². The van der Waals surface area contributed by atoms with Crippen LogP contribution in [-0.2, 0) is 4.79 Å². The van der Waals surface area contributed by atoms with Gasteiger partial charge in [0.1, 0.15) is 18.0 Å². The van der Waals surface area contributed by atoms with Gasteiger partial charge in [0.15, 0.2) is 17.5 Å². The van der Waals surface area contributed by atoms with Gasteiger partial charge in [0.05, 0.1) is 6.42 Å². The summed E-state index contributed by atoms with van der Waals surface area (Å²) in [4.78, 5) is 21.4. The number of nitrogens with zero attached hydrogens (tertiary/aromatic N) is 2. The number of benzene rings is 1. The van der Waals surface area contributed by atoms with E-state index in [0.29, 0.717) is 29.6 Å². The van der Waals surface area contributed by atoms with Crippen molar-refractivity contribution in [1.29, 1.82) is 5.41 Å². The Bertz CT molecular complexity index is 854. The van der Waals surface area contributed by atoms with E-state index in [4.69, 9.17) is 15.9 Å². The molecule has 25 heavy (non-hydrogen) atoms. The maximum Gasteiger partial charge on any atom is 0.195 e. The van der Waals surface area contributed by atoms with Crippen LogP contribution in [0.25, 0.3) is 10.9 Å². The number of aliphatic imine (C=N–C) groups is 2. The topological polar surface area (TPSA) is 117 Å². The minimum Gasteiger partial charge on any atom is -0.440 e. The Balaban J connectivity index is 2.07. The van der Waals surface area contributed by atoms with E-state index in [1.807, 2.05) is 6.92 Å². The van der Waals surface area contributed by atoms with Gasteiger partial charge in [-0.15, -0.1) is 0 Å². The van der Waals surface area contributed by atoms with Crippen molar-refractivity contribution in [3.8, 4) is 5.75 Å². The van der Waals surface area contributed by atoms with Crippen LogP contribution in [0.3, 0.4) is 0 Å². The number of carbonyl (C=O) groups is 1. The van der Waals surface area contributed by atoms with Gasteiger partial charge in [-0.1, -0.05) is 0 Å². The molecule has 0 atom stereocenters. The monoisotopic (exact) mass is 345 g/mol. The summed E-state index contributed by atoms with van der Waals surface area (Å²) in [6.07, 6.45) is 1.33. The molecule has 0 aliphatic rings. The fraction of sp³-hybridized carbons (Fsp3) is 0.294. The van der Waals surface area contributed by atoms with Gasteiger partial charge in [-0.25, -0.2) is 9.38 Å². The largest absolute Gasteiger partial charge is 0.440 e. The molecule has 0 spiro atoms. The number of aryl methyl sites for hydroxylation is 1. The van der Waals surface area contributed by atoms with E-state index < -0.39 is 5.82 Å². The molecule has 8 heteroatoms. The lowest BCUT2D eigenvalue weighted by Gasteiger charge is -2.08. The zero-order chi connectivity index (χ0) is 18.4. The maximum atomic E-state index is 14.4. The van der Waals surface area contributed by atoms with Crippen molar-refractivity contribution in [2.24, 2.45) is 15.7 Å². The number of hydrogen-bond acceptors (Lipinski definition) is 4. The van der Waals surface area contributed by atoms with Crippen LogP contribution in [0.1, 0.15) is 25.0 Å². The third-order valence-corrected chi connectivity index (χ3v) is 3.43. The Morgan fingerprint density at radius 3 is 2.92 bits per heavy atom. The minimum absolute atomic E-state index is 0.0466. The number of amidine groups is 2. The van der Waals surface area contributed by atoms with Crippen molar-refractivity contribution in [3.63, 3.8) is 0 Å². The summed E-state index contributed by atoms with van der Waals surface area (Å²) >= 11 is 0. The highest BCUT2D eigenvalue weighted by atomic mass is 19.1. The molecule has 0 aliphatic carbocycles. The van der Waals surface area contributed by atoms with E-state index in [9.17, 15) is 9.18 Å². The van der Waals surface area contributed by atoms with Crippen LogP contribution in [0.5, 0.6) is 5.75 Å². The molecule has 0 saturated carbocycles. The Morgan fingerprint density at radius 1 is 1.48 bits per heavy atom. The molecular formula is C17H20FN5O2. The molecular weight excluding hydrogens is 325 g/mol. The molecule has 0 aliphatic heterocycles. The summed E-state index contributed by atoms with van der Waals surface area (Å²) in [6.45, 7) is 1.83. The van der Waals surface area contributed by atoms with Gasteiger partial charge >= 0.3 is 0 Å². The molecule has 1 aromatic carbocycles. The second-order valence-electron chi connectivity index (χ2n) is 5.44. The number of nitrogens with two attached hydrogens (primary N) is 1. The van der Waals surface area contributed by atoms with Gasteiger partial charge in [0.2, 0.25) is 0 Å². The third kappa shape index (κ3) is 4.72. The van der Waals surface area contributed by atoms with Crippen LogP contribution in [-0.4, -0.2) is 35.9 Å². The number of carbonyl (C=O) groups excluding carboxylic acids is 1. The maximum absolute atomic E-state index is 14.4. The van der Waals surface area contributed by atoms with E-state index in [0.717, 1.165) is 12.0 Å². The second-order valence-corrected chi connectivity index (χ2v) is 5.44. The van der Waals surface area contributed by atoms with Crippen LogP contribution in [0, 0.1) is 18.2 Å². The molecule has 1 aromatic heterocycles. The number of aromatic nitrogens is 1. The number of halogens is 1. The number of nitrogens with one attached hydrogen (secondary N) is 2. The fourth-order valence-corrected chi connectivity index (χ4v) is 2.31. The van der Waals surface area contributed by atoms with Crippen molar-refractivity contribution >= 4 is 34.8 Å². The van der Waals surface area contributed by atoms with E-state index >= 15 is 0 Å². The highest BCUT2D eigenvalue weighted by molar-refractivity contribution is 6.04. The summed E-state index contributed by atoms with van der Waals surface area (Å²) in [5.74, 6) is -0.306. The Kier molecular flexibility index (Phi) is 5.99. The Labute approximate surface area is 144 Å². The molecule has 0 radical (unpaired) electrons. The number of H-pyrrole nitrogens is 1. The van der Waals surface area contributed by atoms with E-state index in [1.54, 1.807) is 19.2 Å². The second kappa shape index (κ2) is 8.18. The van der Waals surface area contributed by atoms with Crippen LogP contribution < -0.4 is 10.5 Å². The van der Waals surface area contributed by atoms with E-state index in [1.165, 1.54) is 6.07 Å². The average molecular weight is 345 g/mol. The molecule has 4 N–H and O–H groups in total. The van der Waals surface area contributed by atoms with Crippen LogP contribution in [0.2, 0.25) is 0 Å². The minimum atomic E-state index is -0.538. The van der Waals surface area contributed by atoms with Gasteiger partial charge in [-0.2, -0.15) is 0 Å². The highest BCUT2D eigenvalue weighted by Crippen LogP contribution is 2.27. The van der Waals surface area contributed by atoms with E-state index in [-0.39, 0.29) is 23.9 Å². The number of fused-ring (bicyclic) bond motifs is 1. The highest BCUT2D eigenvalue weighted by Gasteiger charge is 2.13. The third-order valence-electron chi connectivity index (χ3n) is 3.43. The number of aromatic amines is 1. The van der Waals surface area contributed by atoms with Gasteiger partial charge in [-0.3, -0.25) is 10.4 Å². The van der Waals surface area contributed by atoms with Gasteiger partial charge < -0.3 is 20.2 Å². The van der Waals surface area contributed by atoms with Crippen molar-refractivity contribution in [1.82, 2.24) is 4.98 Å².